The van der Waals surface area contributed by atoms with Gasteiger partial charge in [0.2, 0.25) is 0 Å². The third kappa shape index (κ3) is 4.13. The summed E-state index contributed by atoms with van der Waals surface area (Å²) in [7, 11) is 1.18. The average Bonchev–Trinajstić information content (AvgIpc) is 2.35. The highest BCUT2D eigenvalue weighted by atomic mass is 35.5. The van der Waals surface area contributed by atoms with Gasteiger partial charge in [0, 0.05) is 5.02 Å². The molecule has 7 heteroatoms. The summed E-state index contributed by atoms with van der Waals surface area (Å²) in [4.78, 5) is 22.2. The smallest absolute Gasteiger partial charge is 0.425 e. The number of amides is 2. The highest BCUT2D eigenvalue weighted by molar-refractivity contribution is 6.31. The molecule has 0 radical (unpaired) electrons. The molecule has 0 saturated heterocycles. The zero-order chi connectivity index (χ0) is 12.8. The van der Waals surface area contributed by atoms with Gasteiger partial charge in [-0.25, -0.2) is 10.2 Å². The molecule has 2 amide bonds. The molecule has 1 aromatic carbocycles. The number of ether oxygens (including phenoxy) is 1. The van der Waals surface area contributed by atoms with E-state index in [0.29, 0.717) is 10.6 Å². The second-order valence-corrected chi connectivity index (χ2v) is 3.89. The molecule has 5 nitrogen and oxygen atoms in total. The first-order chi connectivity index (χ1) is 8.04. The molecule has 0 saturated carbocycles. The van der Waals surface area contributed by atoms with Crippen molar-refractivity contribution >= 4 is 35.2 Å². The summed E-state index contributed by atoms with van der Waals surface area (Å²) in [5.41, 5.74) is 4.71. The van der Waals surface area contributed by atoms with E-state index < -0.39 is 17.4 Å². The number of methoxy groups -OCH3 is 1. The monoisotopic (exact) mass is 276 g/mol. The molecule has 0 aliphatic carbocycles. The van der Waals surface area contributed by atoms with Gasteiger partial charge in [0.05, 0.1) is 7.11 Å². The number of alkyl halides is 1. The van der Waals surface area contributed by atoms with Gasteiger partial charge in [0.1, 0.15) is 5.38 Å². The minimum atomic E-state index is -0.926. The molecule has 1 unspecified atom stereocenters. The Morgan fingerprint density at radius 2 is 1.82 bits per heavy atom. The Hall–Kier alpha value is -1.46. The molecule has 0 bridgehead atoms. The lowest BCUT2D eigenvalue weighted by Gasteiger charge is -2.11. The lowest BCUT2D eigenvalue weighted by Crippen LogP contribution is -2.43. The maximum atomic E-state index is 11.5. The highest BCUT2D eigenvalue weighted by Gasteiger charge is 2.17. The fourth-order valence-corrected chi connectivity index (χ4v) is 1.34. The molecule has 0 heterocycles. The van der Waals surface area contributed by atoms with Gasteiger partial charge in [0.15, 0.2) is 0 Å². The maximum Gasteiger partial charge on any atom is 0.425 e. The minimum absolute atomic E-state index is 0.547. The van der Waals surface area contributed by atoms with Crippen LogP contribution in [0.5, 0.6) is 0 Å². The number of hydrogen-bond donors (Lipinski definition) is 2. The van der Waals surface area contributed by atoms with Crippen LogP contribution >= 0.6 is 23.2 Å². The standard InChI is InChI=1S/C10H10Cl2N2O3/c1-17-10(16)14-13-9(15)8(12)6-2-4-7(11)5-3-6/h2-5,8H,1H3,(H,13,15)(H,14,16). The average molecular weight is 277 g/mol. The summed E-state index contributed by atoms with van der Waals surface area (Å²) < 4.78 is 4.28. The van der Waals surface area contributed by atoms with Gasteiger partial charge in [-0.1, -0.05) is 23.7 Å². The number of hydrazine groups is 1. The van der Waals surface area contributed by atoms with E-state index in [2.05, 4.69) is 10.2 Å². The fraction of sp³-hybridized carbons (Fsp3) is 0.200. The normalized spacial score (nSPS) is 11.5. The third-order valence-corrected chi connectivity index (χ3v) is 2.57. The summed E-state index contributed by atoms with van der Waals surface area (Å²) >= 11 is 11.6. The number of carbonyl (C=O) groups is 2. The van der Waals surface area contributed by atoms with Crippen LogP contribution in [0.3, 0.4) is 0 Å². The molecule has 2 N–H and O–H groups in total. The number of rotatable bonds is 2. The molecular formula is C10H10Cl2N2O3. The molecule has 1 rings (SSSR count). The van der Waals surface area contributed by atoms with E-state index in [0.717, 1.165) is 0 Å². The summed E-state index contributed by atoms with van der Waals surface area (Å²) in [5, 5.41) is -0.380. The first-order valence-electron chi connectivity index (χ1n) is 4.58. The van der Waals surface area contributed by atoms with Crippen molar-refractivity contribution in [3.05, 3.63) is 34.9 Å². The third-order valence-electron chi connectivity index (χ3n) is 1.87. The Labute approximate surface area is 108 Å². The van der Waals surface area contributed by atoms with Gasteiger partial charge in [0.25, 0.3) is 5.91 Å². The van der Waals surface area contributed by atoms with Crippen molar-refractivity contribution in [3.63, 3.8) is 0 Å². The van der Waals surface area contributed by atoms with E-state index in [1.807, 2.05) is 5.43 Å². The first kappa shape index (κ1) is 13.6. The molecule has 1 aromatic rings. The van der Waals surface area contributed by atoms with Crippen LogP contribution in [0.2, 0.25) is 5.02 Å². The second kappa shape index (κ2) is 6.32. The topological polar surface area (TPSA) is 67.4 Å². The summed E-state index contributed by atoms with van der Waals surface area (Å²) in [5.74, 6) is -0.570. The molecule has 0 aliphatic rings. The largest absolute Gasteiger partial charge is 0.452 e. The van der Waals surface area contributed by atoms with Crippen molar-refractivity contribution in [3.8, 4) is 0 Å². The second-order valence-electron chi connectivity index (χ2n) is 3.02. The van der Waals surface area contributed by atoms with Crippen molar-refractivity contribution in [2.75, 3.05) is 7.11 Å². The lowest BCUT2D eigenvalue weighted by atomic mass is 10.1. The quantitative estimate of drug-likeness (QED) is 0.641. The van der Waals surface area contributed by atoms with E-state index in [1.54, 1.807) is 24.3 Å². The van der Waals surface area contributed by atoms with Gasteiger partial charge in [-0.2, -0.15) is 0 Å². The number of benzene rings is 1. The number of carbonyl (C=O) groups excluding carboxylic acids is 2. The van der Waals surface area contributed by atoms with Crippen molar-refractivity contribution in [1.82, 2.24) is 10.9 Å². The molecule has 17 heavy (non-hydrogen) atoms. The van der Waals surface area contributed by atoms with E-state index in [-0.39, 0.29) is 0 Å². The van der Waals surface area contributed by atoms with Crippen molar-refractivity contribution in [2.24, 2.45) is 0 Å². The van der Waals surface area contributed by atoms with Crippen LogP contribution in [0.15, 0.2) is 24.3 Å². The molecule has 0 spiro atoms. The summed E-state index contributed by atoms with van der Waals surface area (Å²) in [6.07, 6.45) is -0.779. The van der Waals surface area contributed by atoms with Crippen LogP contribution in [0.1, 0.15) is 10.9 Å². The Morgan fingerprint density at radius 1 is 1.24 bits per heavy atom. The molecule has 0 aromatic heterocycles. The van der Waals surface area contributed by atoms with E-state index >= 15 is 0 Å². The van der Waals surface area contributed by atoms with E-state index in [1.165, 1.54) is 7.11 Å². The summed E-state index contributed by atoms with van der Waals surface area (Å²) in [6.45, 7) is 0. The van der Waals surface area contributed by atoms with Crippen molar-refractivity contribution in [2.45, 2.75) is 5.38 Å². The Balaban J connectivity index is 2.57. The van der Waals surface area contributed by atoms with Crippen molar-refractivity contribution in [1.29, 1.82) is 0 Å². The Kier molecular flexibility index (Phi) is 5.06. The highest BCUT2D eigenvalue weighted by Crippen LogP contribution is 2.21. The van der Waals surface area contributed by atoms with Crippen LogP contribution in [0.4, 0.5) is 4.79 Å². The van der Waals surface area contributed by atoms with E-state index in [9.17, 15) is 9.59 Å². The number of nitrogens with one attached hydrogen (secondary N) is 2. The van der Waals surface area contributed by atoms with Gasteiger partial charge < -0.3 is 4.74 Å². The van der Waals surface area contributed by atoms with Crippen LogP contribution in [-0.2, 0) is 9.53 Å². The van der Waals surface area contributed by atoms with Gasteiger partial charge in [-0.05, 0) is 17.7 Å². The molecule has 0 aliphatic heterocycles. The van der Waals surface area contributed by atoms with Crippen LogP contribution < -0.4 is 10.9 Å². The summed E-state index contributed by atoms with van der Waals surface area (Å²) in [6, 6.07) is 6.48. The van der Waals surface area contributed by atoms with Crippen LogP contribution in [0.25, 0.3) is 0 Å². The maximum absolute atomic E-state index is 11.5. The molecule has 1 atom stereocenters. The Morgan fingerprint density at radius 3 is 2.35 bits per heavy atom. The molecular weight excluding hydrogens is 267 g/mol. The number of hydrogen-bond acceptors (Lipinski definition) is 3. The van der Waals surface area contributed by atoms with Gasteiger partial charge >= 0.3 is 6.09 Å². The zero-order valence-electron chi connectivity index (χ0n) is 8.87. The van der Waals surface area contributed by atoms with Gasteiger partial charge in [-0.15, -0.1) is 11.6 Å². The SMILES string of the molecule is COC(=O)NNC(=O)C(Cl)c1ccc(Cl)cc1. The molecule has 92 valence electrons. The van der Waals surface area contributed by atoms with Crippen LogP contribution in [-0.4, -0.2) is 19.1 Å². The number of halogens is 2. The Bertz CT molecular complexity index is 409. The molecule has 0 fully saturated rings. The van der Waals surface area contributed by atoms with Gasteiger partial charge in [-0.3, -0.25) is 10.2 Å². The van der Waals surface area contributed by atoms with Crippen LogP contribution in [0, 0.1) is 0 Å². The predicted octanol–water partition coefficient (Wildman–Crippen LogP) is 2.01. The van der Waals surface area contributed by atoms with E-state index in [4.69, 9.17) is 23.2 Å². The predicted molar refractivity (Wildman–Crippen MR) is 63.7 cm³/mol. The fourth-order valence-electron chi connectivity index (χ4n) is 1.01. The minimum Gasteiger partial charge on any atom is -0.452 e. The zero-order valence-corrected chi connectivity index (χ0v) is 10.4. The van der Waals surface area contributed by atoms with Crippen molar-refractivity contribution < 1.29 is 14.3 Å². The first-order valence-corrected chi connectivity index (χ1v) is 5.39. The lowest BCUT2D eigenvalue weighted by molar-refractivity contribution is -0.121.